The molecule has 0 atom stereocenters. The number of aryl methyl sites for hydroxylation is 1. The number of nitrogens with zero attached hydrogens (tertiary/aromatic N) is 5. The van der Waals surface area contributed by atoms with Crippen molar-refractivity contribution in [2.24, 2.45) is 4.99 Å². The lowest BCUT2D eigenvalue weighted by Gasteiger charge is -2.36. The van der Waals surface area contributed by atoms with Crippen molar-refractivity contribution in [3.8, 4) is 0 Å². The van der Waals surface area contributed by atoms with Gasteiger partial charge in [0.15, 0.2) is 5.96 Å². The fourth-order valence-corrected chi connectivity index (χ4v) is 2.62. The lowest BCUT2D eigenvalue weighted by molar-refractivity contribution is -0.127. The Bertz CT molecular complexity index is 650. The van der Waals surface area contributed by atoms with Gasteiger partial charge in [0.1, 0.15) is 12.3 Å². The Kier molecular flexibility index (Phi) is 9.78. The van der Waals surface area contributed by atoms with E-state index in [1.54, 1.807) is 19.0 Å². The predicted molar refractivity (Wildman–Crippen MR) is 117 cm³/mol. The lowest BCUT2D eigenvalue weighted by Crippen LogP contribution is -2.52. The molecule has 9 heteroatoms. The van der Waals surface area contributed by atoms with E-state index in [0.717, 1.165) is 55.7 Å². The van der Waals surface area contributed by atoms with Gasteiger partial charge in [-0.2, -0.15) is 0 Å². The van der Waals surface area contributed by atoms with E-state index >= 15 is 0 Å². The van der Waals surface area contributed by atoms with Gasteiger partial charge >= 0.3 is 0 Å². The minimum Gasteiger partial charge on any atom is -0.361 e. The summed E-state index contributed by atoms with van der Waals surface area (Å²) in [7, 11) is 3.48. The Hall–Kier alpha value is -1.62. The maximum absolute atomic E-state index is 11.9. The summed E-state index contributed by atoms with van der Waals surface area (Å²) in [5.41, 5.74) is 1.98. The molecule has 2 rings (SSSR count). The Labute approximate surface area is 178 Å². The third kappa shape index (κ3) is 7.87. The van der Waals surface area contributed by atoms with Gasteiger partial charge < -0.3 is 19.6 Å². The smallest absolute Gasteiger partial charge is 0.243 e. The third-order valence-electron chi connectivity index (χ3n) is 4.15. The standard InChI is InChI=1S/C18H30N6O2.HI/c1-14(2)11-19-18(20-12-17(25)22(4)5)24-8-6-23(7-9-24)13-16-10-15(3)26-21-16;/h10H,1,6-9,11-13H2,2-5H3,(H,19,20);1H. The van der Waals surface area contributed by atoms with Crippen molar-refractivity contribution in [2.75, 3.05) is 53.4 Å². The monoisotopic (exact) mass is 490 g/mol. The maximum Gasteiger partial charge on any atom is 0.243 e. The first-order chi connectivity index (χ1) is 12.3. The molecule has 0 bridgehead atoms. The Morgan fingerprint density at radius 3 is 2.56 bits per heavy atom. The number of nitrogens with one attached hydrogen (secondary N) is 1. The van der Waals surface area contributed by atoms with Crippen LogP contribution in [0.2, 0.25) is 0 Å². The largest absolute Gasteiger partial charge is 0.361 e. The molecule has 2 heterocycles. The molecular weight excluding hydrogens is 459 g/mol. The highest BCUT2D eigenvalue weighted by Crippen LogP contribution is 2.09. The van der Waals surface area contributed by atoms with Crippen LogP contribution in [0.1, 0.15) is 18.4 Å². The van der Waals surface area contributed by atoms with E-state index < -0.39 is 0 Å². The number of carbonyl (C=O) groups is 1. The second-order valence-electron chi connectivity index (χ2n) is 6.93. The summed E-state index contributed by atoms with van der Waals surface area (Å²) in [6.07, 6.45) is 0. The molecule has 1 fully saturated rings. The van der Waals surface area contributed by atoms with E-state index in [9.17, 15) is 4.79 Å². The van der Waals surface area contributed by atoms with Gasteiger partial charge in [-0.25, -0.2) is 4.99 Å². The summed E-state index contributed by atoms with van der Waals surface area (Å²) >= 11 is 0. The molecule has 1 aliphatic heterocycles. The van der Waals surface area contributed by atoms with Crippen molar-refractivity contribution in [1.29, 1.82) is 0 Å². The molecule has 0 unspecified atom stereocenters. The van der Waals surface area contributed by atoms with Gasteiger partial charge in [-0.15, -0.1) is 24.0 Å². The van der Waals surface area contributed by atoms with Crippen LogP contribution >= 0.6 is 24.0 Å². The van der Waals surface area contributed by atoms with E-state index in [1.165, 1.54) is 0 Å². The zero-order valence-electron chi connectivity index (χ0n) is 16.7. The molecular formula is C18H31IN6O2. The second kappa shape index (κ2) is 11.3. The number of amides is 1. The fraction of sp³-hybridized carbons (Fsp3) is 0.611. The molecule has 0 aliphatic carbocycles. The summed E-state index contributed by atoms with van der Waals surface area (Å²) in [5.74, 6) is 1.59. The zero-order valence-corrected chi connectivity index (χ0v) is 19.0. The fourth-order valence-electron chi connectivity index (χ4n) is 2.62. The van der Waals surface area contributed by atoms with Gasteiger partial charge in [-0.1, -0.05) is 17.3 Å². The summed E-state index contributed by atoms with van der Waals surface area (Å²) < 4.78 is 5.13. The summed E-state index contributed by atoms with van der Waals surface area (Å²) in [5, 5.41) is 7.37. The first kappa shape index (κ1) is 23.4. The summed E-state index contributed by atoms with van der Waals surface area (Å²) in [4.78, 5) is 22.4. The number of guanidine groups is 1. The predicted octanol–water partition coefficient (Wildman–Crippen LogP) is 1.33. The normalized spacial score (nSPS) is 15.3. The van der Waals surface area contributed by atoms with Gasteiger partial charge in [0.25, 0.3) is 0 Å². The average molecular weight is 490 g/mol. The van der Waals surface area contributed by atoms with Crippen molar-refractivity contribution in [2.45, 2.75) is 20.4 Å². The molecule has 1 aliphatic rings. The van der Waals surface area contributed by atoms with Gasteiger partial charge in [-0.3, -0.25) is 9.69 Å². The van der Waals surface area contributed by atoms with Crippen LogP contribution in [0.4, 0.5) is 0 Å². The van der Waals surface area contributed by atoms with E-state index in [-0.39, 0.29) is 36.4 Å². The van der Waals surface area contributed by atoms with Crippen molar-refractivity contribution in [3.63, 3.8) is 0 Å². The number of hydrogen-bond donors (Lipinski definition) is 1. The van der Waals surface area contributed by atoms with Crippen molar-refractivity contribution < 1.29 is 9.32 Å². The average Bonchev–Trinajstić information content (AvgIpc) is 3.00. The summed E-state index contributed by atoms with van der Waals surface area (Å²) in [6, 6.07) is 1.97. The number of hydrogen-bond acceptors (Lipinski definition) is 5. The van der Waals surface area contributed by atoms with Gasteiger partial charge in [0, 0.05) is 59.4 Å². The highest BCUT2D eigenvalue weighted by molar-refractivity contribution is 14.0. The minimum absolute atomic E-state index is 0. The molecule has 1 saturated heterocycles. The van der Waals surface area contributed by atoms with E-state index in [2.05, 4.69) is 31.8 Å². The number of piperazine rings is 1. The number of carbonyl (C=O) groups excluding carboxylic acids is 1. The lowest BCUT2D eigenvalue weighted by atomic mass is 10.3. The van der Waals surface area contributed by atoms with E-state index in [0.29, 0.717) is 6.54 Å². The molecule has 1 aromatic heterocycles. The van der Waals surface area contributed by atoms with Crippen molar-refractivity contribution >= 4 is 35.8 Å². The van der Waals surface area contributed by atoms with Crippen LogP contribution in [0.25, 0.3) is 0 Å². The SMILES string of the molecule is C=C(C)CNC(=NCC(=O)N(C)C)N1CCN(Cc2cc(C)on2)CC1.I. The molecule has 0 aromatic carbocycles. The van der Waals surface area contributed by atoms with E-state index in [4.69, 9.17) is 4.52 Å². The first-order valence-corrected chi connectivity index (χ1v) is 8.87. The van der Waals surface area contributed by atoms with Crippen LogP contribution in [0.15, 0.2) is 27.7 Å². The molecule has 27 heavy (non-hydrogen) atoms. The number of aromatic nitrogens is 1. The van der Waals surface area contributed by atoms with Crippen molar-refractivity contribution in [1.82, 2.24) is 25.2 Å². The van der Waals surface area contributed by atoms with Crippen molar-refractivity contribution in [3.05, 3.63) is 29.7 Å². The second-order valence-corrected chi connectivity index (χ2v) is 6.93. The maximum atomic E-state index is 11.9. The van der Waals surface area contributed by atoms with Crippen LogP contribution in [0.5, 0.6) is 0 Å². The van der Waals surface area contributed by atoms with E-state index in [1.807, 2.05) is 19.9 Å². The van der Waals surface area contributed by atoms with Crippen LogP contribution in [0, 0.1) is 6.92 Å². The Morgan fingerprint density at radius 2 is 2.04 bits per heavy atom. The first-order valence-electron chi connectivity index (χ1n) is 8.87. The number of likely N-dealkylation sites (N-methyl/N-ethyl adjacent to an activating group) is 1. The number of halogens is 1. The van der Waals surface area contributed by atoms with Crippen LogP contribution in [0.3, 0.4) is 0 Å². The summed E-state index contributed by atoms with van der Waals surface area (Å²) in [6.45, 7) is 12.9. The Morgan fingerprint density at radius 1 is 1.37 bits per heavy atom. The number of aliphatic imine (C=N–C) groups is 1. The minimum atomic E-state index is -0.0142. The van der Waals surface area contributed by atoms with Gasteiger partial charge in [0.2, 0.25) is 5.91 Å². The topological polar surface area (TPSA) is 77.2 Å². The quantitative estimate of drug-likeness (QED) is 0.281. The molecule has 1 aromatic rings. The zero-order chi connectivity index (χ0) is 19.1. The molecule has 0 spiro atoms. The molecule has 1 N–H and O–H groups in total. The van der Waals surface area contributed by atoms with Gasteiger partial charge in [-0.05, 0) is 13.8 Å². The molecule has 1 amide bonds. The molecule has 8 nitrogen and oxygen atoms in total. The molecule has 0 radical (unpaired) electrons. The Balaban J connectivity index is 0.00000364. The van der Waals surface area contributed by atoms with Crippen LogP contribution < -0.4 is 5.32 Å². The molecule has 152 valence electrons. The van der Waals surface area contributed by atoms with Gasteiger partial charge in [0.05, 0.1) is 5.69 Å². The highest BCUT2D eigenvalue weighted by atomic mass is 127. The molecule has 0 saturated carbocycles. The highest BCUT2D eigenvalue weighted by Gasteiger charge is 2.21. The van der Waals surface area contributed by atoms with Crippen LogP contribution in [-0.2, 0) is 11.3 Å². The third-order valence-corrected chi connectivity index (χ3v) is 4.15. The van der Waals surface area contributed by atoms with Crippen LogP contribution in [-0.4, -0.2) is 85.1 Å². The number of rotatable bonds is 6.